The maximum Gasteiger partial charge on any atom is 0.262 e. The lowest BCUT2D eigenvalue weighted by Crippen LogP contribution is -2.31. The fraction of sp³-hybridized carbons (Fsp3) is 0.235. The van der Waals surface area contributed by atoms with Gasteiger partial charge in [-0.2, -0.15) is 0 Å². The van der Waals surface area contributed by atoms with E-state index in [9.17, 15) is 13.2 Å². The second kappa shape index (κ2) is 6.64. The molecule has 0 radical (unpaired) electrons. The van der Waals surface area contributed by atoms with E-state index in [1.54, 1.807) is 18.2 Å². The SMILES string of the molecule is COc1ccc(S(=O)(=O)Nc2ccc3c(c2)C(=O)NCC3)cc1OC. The number of nitrogens with one attached hydrogen (secondary N) is 2. The number of carbonyl (C=O) groups excluding carboxylic acids is 1. The van der Waals surface area contributed by atoms with Gasteiger partial charge in [0.2, 0.25) is 0 Å². The van der Waals surface area contributed by atoms with Crippen LogP contribution in [-0.2, 0) is 16.4 Å². The van der Waals surface area contributed by atoms with Crippen molar-refractivity contribution in [1.29, 1.82) is 0 Å². The molecule has 2 aromatic carbocycles. The average molecular weight is 362 g/mol. The van der Waals surface area contributed by atoms with Gasteiger partial charge in [-0.1, -0.05) is 6.07 Å². The van der Waals surface area contributed by atoms with Crippen LogP contribution in [0.3, 0.4) is 0 Å². The predicted molar refractivity (Wildman–Crippen MR) is 92.8 cm³/mol. The number of ether oxygens (including phenoxy) is 2. The third-order valence-corrected chi connectivity index (χ3v) is 5.33. The van der Waals surface area contributed by atoms with Gasteiger partial charge in [-0.15, -0.1) is 0 Å². The molecule has 25 heavy (non-hydrogen) atoms. The molecule has 2 N–H and O–H groups in total. The number of benzene rings is 2. The molecular formula is C17H18N2O5S. The number of rotatable bonds is 5. The van der Waals surface area contributed by atoms with Crippen LogP contribution in [0, 0.1) is 0 Å². The highest BCUT2D eigenvalue weighted by atomic mass is 32.2. The van der Waals surface area contributed by atoms with Gasteiger partial charge >= 0.3 is 0 Å². The molecule has 0 spiro atoms. The molecule has 0 aromatic heterocycles. The molecule has 1 amide bonds. The van der Waals surface area contributed by atoms with Gasteiger partial charge in [0, 0.05) is 23.9 Å². The molecule has 0 saturated carbocycles. The van der Waals surface area contributed by atoms with Gasteiger partial charge in [0.15, 0.2) is 11.5 Å². The van der Waals surface area contributed by atoms with Crippen molar-refractivity contribution in [2.45, 2.75) is 11.3 Å². The zero-order valence-corrected chi connectivity index (χ0v) is 14.6. The van der Waals surface area contributed by atoms with E-state index in [0.717, 1.165) is 12.0 Å². The van der Waals surface area contributed by atoms with Crippen molar-refractivity contribution in [2.24, 2.45) is 0 Å². The van der Waals surface area contributed by atoms with Crippen molar-refractivity contribution >= 4 is 21.6 Å². The number of anilines is 1. The van der Waals surface area contributed by atoms with Crippen molar-refractivity contribution in [3.63, 3.8) is 0 Å². The first-order valence-electron chi connectivity index (χ1n) is 7.60. The van der Waals surface area contributed by atoms with Crippen molar-refractivity contribution in [3.05, 3.63) is 47.5 Å². The third-order valence-electron chi connectivity index (χ3n) is 3.95. The Balaban J connectivity index is 1.92. The zero-order valence-electron chi connectivity index (χ0n) is 13.8. The molecular weight excluding hydrogens is 344 g/mol. The van der Waals surface area contributed by atoms with Crippen LogP contribution in [0.15, 0.2) is 41.3 Å². The topological polar surface area (TPSA) is 93.7 Å². The molecule has 0 bridgehead atoms. The molecule has 1 heterocycles. The van der Waals surface area contributed by atoms with Crippen molar-refractivity contribution in [2.75, 3.05) is 25.5 Å². The summed E-state index contributed by atoms with van der Waals surface area (Å²) < 4.78 is 38.0. The van der Waals surface area contributed by atoms with Crippen molar-refractivity contribution in [1.82, 2.24) is 5.32 Å². The van der Waals surface area contributed by atoms with Crippen LogP contribution in [0.25, 0.3) is 0 Å². The Morgan fingerprint density at radius 3 is 2.52 bits per heavy atom. The van der Waals surface area contributed by atoms with E-state index < -0.39 is 10.0 Å². The highest BCUT2D eigenvalue weighted by Gasteiger charge is 2.20. The van der Waals surface area contributed by atoms with E-state index in [1.807, 2.05) is 0 Å². The van der Waals surface area contributed by atoms with Gasteiger partial charge in [-0.05, 0) is 36.2 Å². The minimum absolute atomic E-state index is 0.0346. The minimum Gasteiger partial charge on any atom is -0.493 e. The second-order valence-corrected chi connectivity index (χ2v) is 7.18. The highest BCUT2D eigenvalue weighted by Crippen LogP contribution is 2.30. The number of hydrogen-bond donors (Lipinski definition) is 2. The van der Waals surface area contributed by atoms with Gasteiger partial charge in [-0.3, -0.25) is 9.52 Å². The summed E-state index contributed by atoms with van der Waals surface area (Å²) in [5.74, 6) is 0.551. The summed E-state index contributed by atoms with van der Waals surface area (Å²) in [6, 6.07) is 9.28. The monoisotopic (exact) mass is 362 g/mol. The molecule has 8 heteroatoms. The normalized spacial score (nSPS) is 13.6. The average Bonchev–Trinajstić information content (AvgIpc) is 2.61. The van der Waals surface area contributed by atoms with Crippen LogP contribution >= 0.6 is 0 Å². The Kier molecular flexibility index (Phi) is 4.54. The first-order chi connectivity index (χ1) is 11.9. The number of sulfonamides is 1. The van der Waals surface area contributed by atoms with E-state index in [2.05, 4.69) is 10.0 Å². The van der Waals surface area contributed by atoms with E-state index in [0.29, 0.717) is 29.3 Å². The van der Waals surface area contributed by atoms with Gasteiger partial charge in [0.25, 0.3) is 15.9 Å². The van der Waals surface area contributed by atoms with Crippen LogP contribution in [0.2, 0.25) is 0 Å². The molecule has 0 atom stereocenters. The number of fused-ring (bicyclic) bond motifs is 1. The molecule has 1 aliphatic rings. The maximum atomic E-state index is 12.6. The Labute approximate surface area is 146 Å². The summed E-state index contributed by atoms with van der Waals surface area (Å²) in [5, 5.41) is 2.74. The second-order valence-electron chi connectivity index (χ2n) is 5.50. The third kappa shape index (κ3) is 3.39. The van der Waals surface area contributed by atoms with Crippen LogP contribution in [0.5, 0.6) is 11.5 Å². The largest absolute Gasteiger partial charge is 0.493 e. The summed E-state index contributed by atoms with van der Waals surface area (Å²) in [6.45, 7) is 0.586. The van der Waals surface area contributed by atoms with Crippen LogP contribution < -0.4 is 19.5 Å². The van der Waals surface area contributed by atoms with E-state index in [4.69, 9.17) is 9.47 Å². The molecule has 0 fully saturated rings. The van der Waals surface area contributed by atoms with Crippen LogP contribution in [0.1, 0.15) is 15.9 Å². The summed E-state index contributed by atoms with van der Waals surface area (Å²) in [4.78, 5) is 11.9. The van der Waals surface area contributed by atoms with Crippen LogP contribution in [-0.4, -0.2) is 35.1 Å². The lowest BCUT2D eigenvalue weighted by atomic mass is 10.00. The molecule has 132 valence electrons. The Hall–Kier alpha value is -2.74. The Morgan fingerprint density at radius 2 is 1.80 bits per heavy atom. The zero-order chi connectivity index (χ0) is 18.0. The number of hydrogen-bond acceptors (Lipinski definition) is 5. The summed E-state index contributed by atoms with van der Waals surface area (Å²) in [7, 11) is -0.923. The molecule has 0 unspecified atom stereocenters. The van der Waals surface area contributed by atoms with Crippen LogP contribution in [0.4, 0.5) is 5.69 Å². The van der Waals surface area contributed by atoms with Gasteiger partial charge in [0.05, 0.1) is 19.1 Å². The number of carbonyl (C=O) groups is 1. The highest BCUT2D eigenvalue weighted by molar-refractivity contribution is 7.92. The lowest BCUT2D eigenvalue weighted by Gasteiger charge is -2.18. The fourth-order valence-corrected chi connectivity index (χ4v) is 3.74. The maximum absolute atomic E-state index is 12.6. The predicted octanol–water partition coefficient (Wildman–Crippen LogP) is 1.79. The molecule has 0 saturated heterocycles. The van der Waals surface area contributed by atoms with Gasteiger partial charge < -0.3 is 14.8 Å². The first kappa shape index (κ1) is 17.1. The first-order valence-corrected chi connectivity index (χ1v) is 9.09. The van der Waals surface area contributed by atoms with Gasteiger partial charge in [-0.25, -0.2) is 8.42 Å². The summed E-state index contributed by atoms with van der Waals surface area (Å²) in [5.41, 5.74) is 1.71. The summed E-state index contributed by atoms with van der Waals surface area (Å²) in [6.07, 6.45) is 0.726. The smallest absolute Gasteiger partial charge is 0.262 e. The summed E-state index contributed by atoms with van der Waals surface area (Å²) >= 11 is 0. The Morgan fingerprint density at radius 1 is 1.04 bits per heavy atom. The molecule has 3 rings (SSSR count). The Bertz CT molecular complexity index is 925. The van der Waals surface area contributed by atoms with E-state index in [1.165, 1.54) is 32.4 Å². The van der Waals surface area contributed by atoms with E-state index in [-0.39, 0.29) is 10.8 Å². The number of amides is 1. The standard InChI is InChI=1S/C17H18N2O5S/c1-23-15-6-5-13(10-16(15)24-2)25(21,22)19-12-4-3-11-7-8-18-17(20)14(11)9-12/h3-6,9-10,19H,7-8H2,1-2H3,(H,18,20). The molecule has 1 aliphatic heterocycles. The van der Waals surface area contributed by atoms with E-state index >= 15 is 0 Å². The van der Waals surface area contributed by atoms with Crippen molar-refractivity contribution in [3.8, 4) is 11.5 Å². The minimum atomic E-state index is -3.83. The quantitative estimate of drug-likeness (QED) is 0.846. The number of methoxy groups -OCH3 is 2. The van der Waals surface area contributed by atoms with Gasteiger partial charge in [0.1, 0.15) is 0 Å². The van der Waals surface area contributed by atoms with Crippen molar-refractivity contribution < 1.29 is 22.7 Å². The molecule has 0 aliphatic carbocycles. The fourth-order valence-electron chi connectivity index (χ4n) is 2.67. The molecule has 7 nitrogen and oxygen atoms in total. The molecule has 2 aromatic rings. The lowest BCUT2D eigenvalue weighted by molar-refractivity contribution is 0.0946.